The van der Waals surface area contributed by atoms with Gasteiger partial charge in [0.25, 0.3) is 10.0 Å². The van der Waals surface area contributed by atoms with E-state index in [-0.39, 0.29) is 6.61 Å². The van der Waals surface area contributed by atoms with Crippen molar-refractivity contribution in [1.29, 1.82) is 0 Å². The Balaban J connectivity index is 1.85. The highest BCUT2D eigenvalue weighted by Gasteiger charge is 2.40. The summed E-state index contributed by atoms with van der Waals surface area (Å²) in [4.78, 5) is 2.10. The number of hydrogen-bond donors (Lipinski definition) is 1. The maximum absolute atomic E-state index is 13.3. The molecule has 0 radical (unpaired) electrons. The molecule has 0 fully saturated rings. The van der Waals surface area contributed by atoms with Crippen LogP contribution >= 0.6 is 0 Å². The van der Waals surface area contributed by atoms with Crippen molar-refractivity contribution in [3.8, 4) is 5.75 Å². The Hall–Kier alpha value is -2.09. The third kappa shape index (κ3) is 4.26. The minimum atomic E-state index is -3.70. The molecule has 146 valence electrons. The van der Waals surface area contributed by atoms with Crippen LogP contribution < -0.4 is 9.04 Å². The van der Waals surface area contributed by atoms with Crippen molar-refractivity contribution < 1.29 is 18.3 Å². The van der Waals surface area contributed by atoms with Crippen LogP contribution in [0.4, 0.5) is 11.4 Å². The predicted molar refractivity (Wildman–Crippen MR) is 107 cm³/mol. The van der Waals surface area contributed by atoms with Gasteiger partial charge in [-0.25, -0.2) is 12.7 Å². The fraction of sp³-hybridized carbons (Fsp3) is 0.400. The van der Waals surface area contributed by atoms with Gasteiger partial charge in [0, 0.05) is 13.0 Å². The van der Waals surface area contributed by atoms with Crippen LogP contribution in [0.25, 0.3) is 0 Å². The number of ether oxygens (including phenoxy) is 1. The Kier molecular flexibility index (Phi) is 6.36. The number of hydrogen-bond acceptors (Lipinski definition) is 5. The van der Waals surface area contributed by atoms with E-state index < -0.39 is 15.5 Å². The van der Waals surface area contributed by atoms with Crippen molar-refractivity contribution in [2.45, 2.75) is 25.2 Å². The van der Waals surface area contributed by atoms with E-state index in [2.05, 4.69) is 4.90 Å². The molecule has 0 amide bonds. The molecular formula is C20H26N2O4S. The van der Waals surface area contributed by atoms with Gasteiger partial charge in [-0.2, -0.15) is 0 Å². The second kappa shape index (κ2) is 8.73. The monoisotopic (exact) mass is 390 g/mol. The first-order valence-corrected chi connectivity index (χ1v) is 10.8. The molecule has 1 atom stereocenters. The van der Waals surface area contributed by atoms with Gasteiger partial charge in [0.15, 0.2) is 0 Å². The summed E-state index contributed by atoms with van der Waals surface area (Å²) in [6.07, 6.45) is 1.06. The molecule has 1 aliphatic rings. The number of benzene rings is 2. The summed E-state index contributed by atoms with van der Waals surface area (Å²) in [5.74, 6) is 0.573. The smallest absolute Gasteiger partial charge is 0.277 e. The van der Waals surface area contributed by atoms with E-state index in [0.29, 0.717) is 36.5 Å². The molecule has 1 heterocycles. The number of rotatable bonds is 8. The minimum Gasteiger partial charge on any atom is -0.470 e. The molecule has 2 aromatic carbocycles. The minimum absolute atomic E-state index is 0.0984. The Morgan fingerprint density at radius 3 is 2.48 bits per heavy atom. The van der Waals surface area contributed by atoms with Crippen LogP contribution in [0.2, 0.25) is 0 Å². The Morgan fingerprint density at radius 1 is 1.07 bits per heavy atom. The van der Waals surface area contributed by atoms with Crippen molar-refractivity contribution in [3.63, 3.8) is 0 Å². The number of fused-ring (bicyclic) bond motifs is 1. The summed E-state index contributed by atoms with van der Waals surface area (Å²) in [7, 11) is -3.70. The Bertz CT molecular complexity index is 842. The van der Waals surface area contributed by atoms with Crippen molar-refractivity contribution in [3.05, 3.63) is 54.6 Å². The van der Waals surface area contributed by atoms with Crippen LogP contribution in [-0.2, 0) is 10.0 Å². The average molecular weight is 391 g/mol. The normalized spacial score (nSPS) is 18.2. The van der Waals surface area contributed by atoms with E-state index in [1.165, 1.54) is 4.31 Å². The topological polar surface area (TPSA) is 70.1 Å². The van der Waals surface area contributed by atoms with E-state index in [1.54, 1.807) is 24.3 Å². The first-order chi connectivity index (χ1) is 13.1. The highest BCUT2D eigenvalue weighted by Crippen LogP contribution is 2.42. The summed E-state index contributed by atoms with van der Waals surface area (Å²) in [5.41, 5.74) is 0.213. The van der Waals surface area contributed by atoms with Gasteiger partial charge in [-0.05, 0) is 43.8 Å². The van der Waals surface area contributed by atoms with Crippen LogP contribution in [0.15, 0.2) is 54.6 Å². The van der Waals surface area contributed by atoms with Crippen molar-refractivity contribution in [1.82, 2.24) is 4.90 Å². The van der Waals surface area contributed by atoms with E-state index in [4.69, 9.17) is 9.84 Å². The maximum atomic E-state index is 13.3. The van der Waals surface area contributed by atoms with Crippen LogP contribution in [0.1, 0.15) is 19.8 Å². The first kappa shape index (κ1) is 19.7. The molecule has 0 aromatic heterocycles. The standard InChI is InChI=1S/C20H26N2O4S/c1-2-21(15-16-23)14-8-13-20-26-19-12-7-6-11-18(19)22(27(20,24)25)17-9-4-3-5-10-17/h3-7,9-12,20,23H,2,8,13-16H2,1H3. The van der Waals surface area contributed by atoms with E-state index >= 15 is 0 Å². The van der Waals surface area contributed by atoms with Crippen LogP contribution in [0.5, 0.6) is 5.75 Å². The molecule has 1 aliphatic heterocycles. The summed E-state index contributed by atoms with van der Waals surface area (Å²) < 4.78 is 33.9. The quantitative estimate of drug-likeness (QED) is 0.750. The number of nitrogens with zero attached hydrogens (tertiary/aromatic N) is 2. The van der Waals surface area contributed by atoms with Crippen molar-refractivity contribution >= 4 is 21.4 Å². The van der Waals surface area contributed by atoms with E-state index in [1.807, 2.05) is 37.3 Å². The zero-order chi connectivity index (χ0) is 19.3. The molecule has 1 unspecified atom stereocenters. The zero-order valence-electron chi connectivity index (χ0n) is 15.5. The third-order valence-electron chi connectivity index (χ3n) is 4.70. The number of likely N-dealkylation sites (N-methyl/N-ethyl adjacent to an activating group) is 1. The van der Waals surface area contributed by atoms with Gasteiger partial charge >= 0.3 is 0 Å². The second-order valence-corrected chi connectivity index (χ2v) is 8.38. The second-order valence-electron chi connectivity index (χ2n) is 6.46. The predicted octanol–water partition coefficient (Wildman–Crippen LogP) is 2.97. The Labute approximate surface area is 161 Å². The third-order valence-corrected chi connectivity index (χ3v) is 6.61. The van der Waals surface area contributed by atoms with Gasteiger partial charge in [0.2, 0.25) is 5.44 Å². The highest BCUT2D eigenvalue weighted by molar-refractivity contribution is 7.93. The maximum Gasteiger partial charge on any atom is 0.277 e. The van der Waals surface area contributed by atoms with Gasteiger partial charge < -0.3 is 14.7 Å². The number of aliphatic hydroxyl groups excluding tert-OH is 1. The van der Waals surface area contributed by atoms with Crippen LogP contribution in [0, 0.1) is 0 Å². The zero-order valence-corrected chi connectivity index (χ0v) is 16.3. The molecule has 0 aliphatic carbocycles. The molecule has 0 spiro atoms. The van der Waals surface area contributed by atoms with E-state index in [0.717, 1.165) is 13.1 Å². The molecule has 0 saturated carbocycles. The molecule has 27 heavy (non-hydrogen) atoms. The molecular weight excluding hydrogens is 364 g/mol. The fourth-order valence-electron chi connectivity index (χ4n) is 3.29. The summed E-state index contributed by atoms with van der Waals surface area (Å²) >= 11 is 0. The van der Waals surface area contributed by atoms with Crippen molar-refractivity contribution in [2.24, 2.45) is 0 Å². The fourth-order valence-corrected chi connectivity index (χ4v) is 5.06. The number of aliphatic hydroxyl groups is 1. The van der Waals surface area contributed by atoms with Gasteiger partial charge in [0.1, 0.15) is 5.75 Å². The Morgan fingerprint density at radius 2 is 1.78 bits per heavy atom. The lowest BCUT2D eigenvalue weighted by molar-refractivity contribution is 0.190. The summed E-state index contributed by atoms with van der Waals surface area (Å²) in [5, 5.41) is 9.10. The molecule has 1 N–H and O–H groups in total. The molecule has 2 aromatic rings. The summed E-state index contributed by atoms with van der Waals surface area (Å²) in [6, 6.07) is 16.3. The van der Waals surface area contributed by atoms with Gasteiger partial charge in [0.05, 0.1) is 18.0 Å². The lowest BCUT2D eigenvalue weighted by Crippen LogP contribution is -2.43. The molecule has 7 heteroatoms. The van der Waals surface area contributed by atoms with Crippen LogP contribution in [-0.4, -0.2) is 50.1 Å². The lowest BCUT2D eigenvalue weighted by atomic mass is 10.2. The largest absolute Gasteiger partial charge is 0.470 e. The number of sulfonamides is 1. The first-order valence-electron chi connectivity index (χ1n) is 9.26. The van der Waals surface area contributed by atoms with Gasteiger partial charge in [-0.15, -0.1) is 0 Å². The van der Waals surface area contributed by atoms with Crippen LogP contribution in [0.3, 0.4) is 0 Å². The molecule has 3 rings (SSSR count). The summed E-state index contributed by atoms with van der Waals surface area (Å²) in [6.45, 7) is 4.25. The number of anilines is 2. The van der Waals surface area contributed by atoms with E-state index in [9.17, 15) is 8.42 Å². The molecule has 0 saturated heterocycles. The van der Waals surface area contributed by atoms with Gasteiger partial charge in [-0.3, -0.25) is 0 Å². The van der Waals surface area contributed by atoms with Gasteiger partial charge in [-0.1, -0.05) is 37.3 Å². The van der Waals surface area contributed by atoms with Crippen molar-refractivity contribution in [2.75, 3.05) is 30.5 Å². The number of para-hydroxylation sites is 3. The molecule has 6 nitrogen and oxygen atoms in total. The molecule has 0 bridgehead atoms. The SMILES string of the molecule is CCN(CCO)CCCC1Oc2ccccc2N(c2ccccc2)S1(=O)=O. The lowest BCUT2D eigenvalue weighted by Gasteiger charge is -2.35. The average Bonchev–Trinajstić information content (AvgIpc) is 2.68. The highest BCUT2D eigenvalue weighted by atomic mass is 32.2.